The molecule has 0 spiro atoms. The van der Waals surface area contributed by atoms with Crippen molar-refractivity contribution in [1.29, 1.82) is 0 Å². The van der Waals surface area contributed by atoms with E-state index >= 15 is 0 Å². The molecule has 0 aromatic heterocycles. The van der Waals surface area contributed by atoms with Crippen molar-refractivity contribution in [2.24, 2.45) is 29.1 Å². The minimum Gasteiger partial charge on any atom is -0.396 e. The van der Waals surface area contributed by atoms with Gasteiger partial charge in [0, 0.05) is 6.61 Å². The highest BCUT2D eigenvalue weighted by Crippen LogP contribution is 2.52. The Morgan fingerprint density at radius 1 is 1.38 bits per heavy atom. The molecule has 1 nitrogen and oxygen atoms in total. The van der Waals surface area contributed by atoms with Gasteiger partial charge < -0.3 is 5.11 Å². The van der Waals surface area contributed by atoms with E-state index in [0.29, 0.717) is 18.4 Å². The maximum atomic E-state index is 9.73. The third kappa shape index (κ3) is 1.84. The third-order valence-corrected chi connectivity index (χ3v) is 5.20. The zero-order chi connectivity index (χ0) is 11.8. The van der Waals surface area contributed by atoms with Crippen molar-refractivity contribution >= 4 is 0 Å². The summed E-state index contributed by atoms with van der Waals surface area (Å²) in [4.78, 5) is 0. The van der Waals surface area contributed by atoms with Gasteiger partial charge in [0.1, 0.15) is 0 Å². The Bertz CT molecular complexity index is 271. The van der Waals surface area contributed by atoms with Gasteiger partial charge in [-0.1, -0.05) is 52.2 Å². The first kappa shape index (κ1) is 12.2. The Hall–Kier alpha value is -0.300. The molecule has 92 valence electrons. The summed E-state index contributed by atoms with van der Waals surface area (Å²) in [6.07, 6.45) is 9.94. The minimum absolute atomic E-state index is 0.135. The van der Waals surface area contributed by atoms with Gasteiger partial charge in [0.15, 0.2) is 0 Å². The summed E-state index contributed by atoms with van der Waals surface area (Å²) >= 11 is 0. The molecular formula is C15H26O. The van der Waals surface area contributed by atoms with Crippen LogP contribution in [0.5, 0.6) is 0 Å². The second-order valence-corrected chi connectivity index (χ2v) is 6.22. The van der Waals surface area contributed by atoms with Gasteiger partial charge >= 0.3 is 0 Å². The number of hydrogen-bond donors (Lipinski definition) is 1. The molecule has 0 saturated heterocycles. The lowest BCUT2D eigenvalue weighted by Crippen LogP contribution is -2.35. The zero-order valence-corrected chi connectivity index (χ0v) is 10.9. The number of allylic oxidation sites excluding steroid dienone is 2. The summed E-state index contributed by atoms with van der Waals surface area (Å²) < 4.78 is 0. The highest BCUT2D eigenvalue weighted by atomic mass is 16.3. The summed E-state index contributed by atoms with van der Waals surface area (Å²) in [6, 6.07) is 0. The highest BCUT2D eigenvalue weighted by Gasteiger charge is 2.45. The van der Waals surface area contributed by atoms with E-state index in [1.165, 1.54) is 25.7 Å². The van der Waals surface area contributed by atoms with Crippen LogP contribution in [-0.4, -0.2) is 11.7 Å². The van der Waals surface area contributed by atoms with Crippen LogP contribution in [0.4, 0.5) is 0 Å². The average molecular weight is 222 g/mol. The predicted octanol–water partition coefficient (Wildman–Crippen LogP) is 3.63. The van der Waals surface area contributed by atoms with E-state index in [1.54, 1.807) is 0 Å². The smallest absolute Gasteiger partial charge is 0.0490 e. The van der Waals surface area contributed by atoms with E-state index in [2.05, 4.69) is 32.9 Å². The van der Waals surface area contributed by atoms with Crippen molar-refractivity contribution in [3.63, 3.8) is 0 Å². The van der Waals surface area contributed by atoms with Crippen molar-refractivity contribution in [3.05, 3.63) is 12.2 Å². The summed E-state index contributed by atoms with van der Waals surface area (Å²) in [5.74, 6) is 2.96. The lowest BCUT2D eigenvalue weighted by atomic mass is 9.67. The van der Waals surface area contributed by atoms with Crippen molar-refractivity contribution in [2.45, 2.75) is 46.5 Å². The Labute approximate surface area is 99.9 Å². The van der Waals surface area contributed by atoms with E-state index in [1.807, 2.05) is 0 Å². The van der Waals surface area contributed by atoms with Gasteiger partial charge in [-0.15, -0.1) is 0 Å². The van der Waals surface area contributed by atoms with Crippen LogP contribution < -0.4 is 0 Å². The van der Waals surface area contributed by atoms with E-state index in [9.17, 15) is 5.11 Å². The molecule has 2 aliphatic carbocycles. The molecule has 0 unspecified atom stereocenters. The zero-order valence-electron chi connectivity index (χ0n) is 10.9. The van der Waals surface area contributed by atoms with Crippen LogP contribution in [0.1, 0.15) is 46.5 Å². The molecule has 0 bridgehead atoms. The predicted molar refractivity (Wildman–Crippen MR) is 68.1 cm³/mol. The minimum atomic E-state index is 0.135. The van der Waals surface area contributed by atoms with Crippen molar-refractivity contribution in [1.82, 2.24) is 0 Å². The van der Waals surface area contributed by atoms with Crippen LogP contribution in [0.3, 0.4) is 0 Å². The van der Waals surface area contributed by atoms with E-state index in [4.69, 9.17) is 0 Å². The number of aliphatic hydroxyl groups is 1. The molecule has 1 N–H and O–H groups in total. The normalized spacial score (nSPS) is 47.8. The number of fused-ring (bicyclic) bond motifs is 1. The maximum Gasteiger partial charge on any atom is 0.0490 e. The van der Waals surface area contributed by atoms with Crippen molar-refractivity contribution in [2.75, 3.05) is 6.61 Å². The Balaban J connectivity index is 2.28. The third-order valence-electron chi connectivity index (χ3n) is 5.20. The second-order valence-electron chi connectivity index (χ2n) is 6.22. The maximum absolute atomic E-state index is 9.73. The number of aliphatic hydroxyl groups excluding tert-OH is 1. The van der Waals surface area contributed by atoms with E-state index in [0.717, 1.165) is 11.8 Å². The summed E-state index contributed by atoms with van der Waals surface area (Å²) in [5, 5.41) is 9.73. The van der Waals surface area contributed by atoms with Gasteiger partial charge in [-0.3, -0.25) is 0 Å². The Kier molecular flexibility index (Phi) is 3.44. The summed E-state index contributed by atoms with van der Waals surface area (Å²) in [7, 11) is 0. The lowest BCUT2D eigenvalue weighted by molar-refractivity contribution is 0.0565. The van der Waals surface area contributed by atoms with Gasteiger partial charge in [-0.05, 0) is 35.5 Å². The first-order valence-corrected chi connectivity index (χ1v) is 6.91. The lowest BCUT2D eigenvalue weighted by Gasteiger charge is -2.38. The fourth-order valence-electron chi connectivity index (χ4n) is 4.09. The van der Waals surface area contributed by atoms with E-state index in [-0.39, 0.29) is 5.41 Å². The quantitative estimate of drug-likeness (QED) is 0.707. The number of rotatable bonds is 2. The van der Waals surface area contributed by atoms with Crippen LogP contribution in [0, 0.1) is 29.1 Å². The molecule has 2 aliphatic rings. The Morgan fingerprint density at radius 2 is 2.12 bits per heavy atom. The molecule has 0 heterocycles. The molecule has 16 heavy (non-hydrogen) atoms. The van der Waals surface area contributed by atoms with Gasteiger partial charge in [0.25, 0.3) is 0 Å². The largest absolute Gasteiger partial charge is 0.396 e. The molecule has 1 heteroatoms. The molecule has 0 radical (unpaired) electrons. The standard InChI is InChI=1S/C15H26O/c1-4-12-6-5-9-15(3,10-16)13-8-7-11(2)14(12)13/h7-8,11-14,16H,4-6,9-10H2,1-3H3/t11-,12-,13-,14-,15-/m0/s1. The molecule has 0 aliphatic heterocycles. The summed E-state index contributed by atoms with van der Waals surface area (Å²) in [6.45, 7) is 7.31. The molecule has 1 fully saturated rings. The molecule has 0 aromatic rings. The van der Waals surface area contributed by atoms with Crippen LogP contribution in [0.15, 0.2) is 12.2 Å². The van der Waals surface area contributed by atoms with E-state index < -0.39 is 0 Å². The van der Waals surface area contributed by atoms with Crippen molar-refractivity contribution < 1.29 is 5.11 Å². The van der Waals surface area contributed by atoms with Crippen LogP contribution in [0.2, 0.25) is 0 Å². The second kappa shape index (κ2) is 4.52. The van der Waals surface area contributed by atoms with Crippen LogP contribution >= 0.6 is 0 Å². The SMILES string of the molecule is CC[C@H]1CCC[C@@](C)(CO)[C@H]2C=C[C@H](C)[C@@H]12. The molecule has 5 atom stereocenters. The van der Waals surface area contributed by atoms with Gasteiger partial charge in [-0.25, -0.2) is 0 Å². The molecule has 2 rings (SSSR count). The topological polar surface area (TPSA) is 20.2 Å². The van der Waals surface area contributed by atoms with Gasteiger partial charge in [0.2, 0.25) is 0 Å². The fourth-order valence-corrected chi connectivity index (χ4v) is 4.09. The summed E-state index contributed by atoms with van der Waals surface area (Å²) in [5.41, 5.74) is 0.135. The molecule has 1 saturated carbocycles. The monoisotopic (exact) mass is 222 g/mol. The Morgan fingerprint density at radius 3 is 2.75 bits per heavy atom. The molecular weight excluding hydrogens is 196 g/mol. The van der Waals surface area contributed by atoms with Gasteiger partial charge in [-0.2, -0.15) is 0 Å². The first-order chi connectivity index (χ1) is 7.62. The number of hydrogen-bond acceptors (Lipinski definition) is 1. The van der Waals surface area contributed by atoms with Crippen LogP contribution in [-0.2, 0) is 0 Å². The highest BCUT2D eigenvalue weighted by molar-refractivity contribution is 5.12. The fraction of sp³-hybridized carbons (Fsp3) is 0.867. The van der Waals surface area contributed by atoms with Gasteiger partial charge in [0.05, 0.1) is 0 Å². The van der Waals surface area contributed by atoms with Crippen molar-refractivity contribution in [3.8, 4) is 0 Å². The van der Waals surface area contributed by atoms with Crippen LogP contribution in [0.25, 0.3) is 0 Å². The molecule has 0 amide bonds. The molecule has 0 aromatic carbocycles. The first-order valence-electron chi connectivity index (χ1n) is 6.91. The average Bonchev–Trinajstić information content (AvgIpc) is 2.60.